The van der Waals surface area contributed by atoms with Gasteiger partial charge in [-0.2, -0.15) is 0 Å². The van der Waals surface area contributed by atoms with Gasteiger partial charge in [0.2, 0.25) is 5.91 Å². The van der Waals surface area contributed by atoms with Crippen LogP contribution in [0, 0.1) is 0 Å². The molecule has 0 aromatic heterocycles. The quantitative estimate of drug-likeness (QED) is 0.912. The number of likely N-dealkylation sites (tertiary alicyclic amines) is 2. The molecule has 1 spiro atoms. The number of phenols is 1. The molecule has 0 radical (unpaired) electrons. The van der Waals surface area contributed by atoms with Gasteiger partial charge in [0.1, 0.15) is 5.75 Å². The lowest BCUT2D eigenvalue weighted by molar-refractivity contribution is -0.130. The largest absolute Gasteiger partial charge is 0.508 e. The molecular formula is C18H26N2O2. The van der Waals surface area contributed by atoms with E-state index in [1.807, 2.05) is 11.0 Å². The van der Waals surface area contributed by atoms with Gasteiger partial charge in [-0.1, -0.05) is 12.1 Å². The first-order valence-electron chi connectivity index (χ1n) is 8.36. The predicted octanol–water partition coefficient (Wildman–Crippen LogP) is 2.41. The molecule has 1 aromatic carbocycles. The van der Waals surface area contributed by atoms with Gasteiger partial charge in [-0.15, -0.1) is 0 Å². The van der Waals surface area contributed by atoms with Gasteiger partial charge in [-0.05, 0) is 63.4 Å². The molecule has 2 heterocycles. The molecule has 1 unspecified atom stereocenters. The predicted molar refractivity (Wildman–Crippen MR) is 86.8 cm³/mol. The summed E-state index contributed by atoms with van der Waals surface area (Å²) in [4.78, 5) is 17.1. The molecule has 0 saturated carbocycles. The van der Waals surface area contributed by atoms with Gasteiger partial charge in [0, 0.05) is 18.6 Å². The molecule has 120 valence electrons. The molecule has 1 atom stereocenters. The van der Waals surface area contributed by atoms with Gasteiger partial charge in [0.15, 0.2) is 0 Å². The van der Waals surface area contributed by atoms with Crippen molar-refractivity contribution >= 4 is 5.91 Å². The maximum absolute atomic E-state index is 12.5. The number of carbonyl (C=O) groups is 1. The topological polar surface area (TPSA) is 43.8 Å². The van der Waals surface area contributed by atoms with E-state index in [-0.39, 0.29) is 11.7 Å². The second kappa shape index (κ2) is 6.29. The Morgan fingerprint density at radius 2 is 1.95 bits per heavy atom. The highest BCUT2D eigenvalue weighted by Gasteiger charge is 2.39. The summed E-state index contributed by atoms with van der Waals surface area (Å²) in [6.45, 7) is 2.92. The monoisotopic (exact) mass is 302 g/mol. The molecule has 4 nitrogen and oxygen atoms in total. The van der Waals surface area contributed by atoms with E-state index in [1.165, 1.54) is 25.8 Å². The van der Waals surface area contributed by atoms with Gasteiger partial charge in [-0.25, -0.2) is 0 Å². The first kappa shape index (κ1) is 15.3. The molecule has 1 N–H and O–H groups in total. The highest BCUT2D eigenvalue weighted by Crippen LogP contribution is 2.37. The van der Waals surface area contributed by atoms with Crippen LogP contribution in [-0.4, -0.2) is 53.0 Å². The summed E-state index contributed by atoms with van der Waals surface area (Å²) in [6, 6.07) is 7.02. The molecule has 0 aliphatic carbocycles. The SMILES string of the molecule is CN1CCCC12CCCN(C(=O)Cc1cccc(O)c1)CC2. The summed E-state index contributed by atoms with van der Waals surface area (Å²) in [6.07, 6.45) is 6.34. The number of phenolic OH excluding ortho intramolecular Hbond substituents is 1. The fourth-order valence-electron chi connectivity index (χ4n) is 4.09. The van der Waals surface area contributed by atoms with Gasteiger partial charge in [-0.3, -0.25) is 4.79 Å². The summed E-state index contributed by atoms with van der Waals surface area (Å²) < 4.78 is 0. The Morgan fingerprint density at radius 1 is 1.18 bits per heavy atom. The number of nitrogens with zero attached hydrogens (tertiary/aromatic N) is 2. The van der Waals surface area contributed by atoms with Crippen molar-refractivity contribution in [1.82, 2.24) is 9.80 Å². The summed E-state index contributed by atoms with van der Waals surface area (Å²) in [7, 11) is 2.23. The molecule has 2 saturated heterocycles. The van der Waals surface area contributed by atoms with E-state index in [4.69, 9.17) is 0 Å². The Hall–Kier alpha value is -1.55. The lowest BCUT2D eigenvalue weighted by atomic mass is 9.88. The van der Waals surface area contributed by atoms with Crippen LogP contribution in [0.3, 0.4) is 0 Å². The Kier molecular flexibility index (Phi) is 4.39. The fraction of sp³-hybridized carbons (Fsp3) is 0.611. The van der Waals surface area contributed by atoms with Crippen molar-refractivity contribution in [2.24, 2.45) is 0 Å². The first-order chi connectivity index (χ1) is 10.6. The Labute approximate surface area is 132 Å². The van der Waals surface area contributed by atoms with E-state index in [2.05, 4.69) is 11.9 Å². The van der Waals surface area contributed by atoms with Crippen molar-refractivity contribution in [3.05, 3.63) is 29.8 Å². The van der Waals surface area contributed by atoms with E-state index < -0.39 is 0 Å². The lowest BCUT2D eigenvalue weighted by Gasteiger charge is -2.35. The molecule has 22 heavy (non-hydrogen) atoms. The Bertz CT molecular complexity index is 546. The zero-order valence-corrected chi connectivity index (χ0v) is 13.4. The van der Waals surface area contributed by atoms with Crippen LogP contribution in [0.25, 0.3) is 0 Å². The van der Waals surface area contributed by atoms with Gasteiger partial charge in [0.05, 0.1) is 6.42 Å². The Morgan fingerprint density at radius 3 is 2.64 bits per heavy atom. The zero-order valence-electron chi connectivity index (χ0n) is 13.4. The molecule has 1 amide bonds. The van der Waals surface area contributed by atoms with E-state index in [0.29, 0.717) is 12.0 Å². The number of amides is 1. The van der Waals surface area contributed by atoms with Crippen molar-refractivity contribution < 1.29 is 9.90 Å². The molecule has 2 aliphatic rings. The van der Waals surface area contributed by atoms with Gasteiger partial charge < -0.3 is 14.9 Å². The van der Waals surface area contributed by atoms with Crippen molar-refractivity contribution in [1.29, 1.82) is 0 Å². The average Bonchev–Trinajstić information content (AvgIpc) is 2.71. The number of rotatable bonds is 2. The molecule has 2 fully saturated rings. The van der Waals surface area contributed by atoms with Crippen molar-refractivity contribution in [2.75, 3.05) is 26.7 Å². The first-order valence-corrected chi connectivity index (χ1v) is 8.36. The molecule has 1 aromatic rings. The fourth-order valence-corrected chi connectivity index (χ4v) is 4.09. The highest BCUT2D eigenvalue weighted by molar-refractivity contribution is 5.78. The van der Waals surface area contributed by atoms with E-state index in [9.17, 15) is 9.90 Å². The third-order valence-corrected chi connectivity index (χ3v) is 5.48. The highest BCUT2D eigenvalue weighted by atomic mass is 16.3. The second-order valence-corrected chi connectivity index (χ2v) is 6.83. The molecular weight excluding hydrogens is 276 g/mol. The van der Waals surface area contributed by atoms with Crippen LogP contribution in [0.5, 0.6) is 5.75 Å². The summed E-state index contributed by atoms with van der Waals surface area (Å²) in [5, 5.41) is 9.52. The van der Waals surface area contributed by atoms with Crippen LogP contribution in [0.1, 0.15) is 37.7 Å². The molecule has 3 rings (SSSR count). The normalized spacial score (nSPS) is 26.3. The number of hydrogen-bond acceptors (Lipinski definition) is 3. The van der Waals surface area contributed by atoms with Crippen molar-refractivity contribution in [3.8, 4) is 5.75 Å². The molecule has 0 bridgehead atoms. The maximum Gasteiger partial charge on any atom is 0.226 e. The van der Waals surface area contributed by atoms with Crippen molar-refractivity contribution in [3.63, 3.8) is 0 Å². The Balaban J connectivity index is 1.62. The van der Waals surface area contributed by atoms with Gasteiger partial charge >= 0.3 is 0 Å². The summed E-state index contributed by atoms with van der Waals surface area (Å²) in [5.41, 5.74) is 1.22. The molecule has 4 heteroatoms. The summed E-state index contributed by atoms with van der Waals surface area (Å²) >= 11 is 0. The minimum Gasteiger partial charge on any atom is -0.508 e. The number of carbonyl (C=O) groups excluding carboxylic acids is 1. The minimum absolute atomic E-state index is 0.184. The van der Waals surface area contributed by atoms with E-state index in [1.54, 1.807) is 18.2 Å². The number of aromatic hydroxyl groups is 1. The van der Waals surface area contributed by atoms with Crippen LogP contribution in [0.4, 0.5) is 0 Å². The standard InChI is InChI=1S/C18H26N2O2/c1-19-10-3-7-18(19)8-4-11-20(12-9-18)17(22)14-15-5-2-6-16(21)13-15/h2,5-6,13,21H,3-4,7-12,14H2,1H3. The maximum atomic E-state index is 12.5. The third-order valence-electron chi connectivity index (χ3n) is 5.48. The average molecular weight is 302 g/mol. The van der Waals surface area contributed by atoms with Crippen LogP contribution >= 0.6 is 0 Å². The number of benzene rings is 1. The van der Waals surface area contributed by atoms with Crippen molar-refractivity contribution in [2.45, 2.75) is 44.1 Å². The summed E-state index contributed by atoms with van der Waals surface area (Å²) in [5.74, 6) is 0.413. The number of hydrogen-bond donors (Lipinski definition) is 1. The van der Waals surface area contributed by atoms with Crippen LogP contribution < -0.4 is 0 Å². The minimum atomic E-state index is 0.184. The van der Waals surface area contributed by atoms with Crippen LogP contribution in [0.2, 0.25) is 0 Å². The van der Waals surface area contributed by atoms with E-state index in [0.717, 1.165) is 31.5 Å². The van der Waals surface area contributed by atoms with E-state index >= 15 is 0 Å². The second-order valence-electron chi connectivity index (χ2n) is 6.83. The smallest absolute Gasteiger partial charge is 0.226 e. The third kappa shape index (κ3) is 3.12. The van der Waals surface area contributed by atoms with Crippen LogP contribution in [-0.2, 0) is 11.2 Å². The van der Waals surface area contributed by atoms with Crippen LogP contribution in [0.15, 0.2) is 24.3 Å². The molecule has 2 aliphatic heterocycles. The zero-order chi connectivity index (χ0) is 15.6. The van der Waals surface area contributed by atoms with Gasteiger partial charge in [0.25, 0.3) is 0 Å². The lowest BCUT2D eigenvalue weighted by Crippen LogP contribution is -2.42.